The highest BCUT2D eigenvalue weighted by atomic mass is 16.5. The summed E-state index contributed by atoms with van der Waals surface area (Å²) in [4.78, 5) is 22.7. The topological polar surface area (TPSA) is 77.9 Å². The van der Waals surface area contributed by atoms with Crippen LogP contribution in [0.1, 0.15) is 27.7 Å². The number of hydrogen-bond donors (Lipinski definition) is 0. The van der Waals surface area contributed by atoms with Gasteiger partial charge in [-0.3, -0.25) is 9.59 Å². The summed E-state index contributed by atoms with van der Waals surface area (Å²) >= 11 is 0. The third kappa shape index (κ3) is 6.32. The zero-order chi connectivity index (χ0) is 14.1. The van der Waals surface area contributed by atoms with Gasteiger partial charge >= 0.3 is 11.9 Å². The van der Waals surface area contributed by atoms with E-state index in [1.54, 1.807) is 27.7 Å². The Hall–Kier alpha value is -1.46. The number of rotatable bonds is 8. The molecule has 0 bridgehead atoms. The van der Waals surface area contributed by atoms with Crippen molar-refractivity contribution in [3.63, 3.8) is 0 Å². The van der Waals surface area contributed by atoms with Gasteiger partial charge in [-0.15, -0.1) is 0 Å². The maximum Gasteiger partial charge on any atom is 0.315 e. The molecule has 0 aromatic heterocycles. The predicted molar refractivity (Wildman–Crippen MR) is 64.9 cm³/mol. The molecule has 0 aliphatic heterocycles. The Morgan fingerprint density at radius 3 is 1.61 bits per heavy atom. The van der Waals surface area contributed by atoms with Crippen LogP contribution in [0.5, 0.6) is 0 Å². The summed E-state index contributed by atoms with van der Waals surface area (Å²) < 4.78 is 10.6. The van der Waals surface area contributed by atoms with E-state index in [1.165, 1.54) is 0 Å². The standard InChI is InChI=1S/C12H22N2O4/c1-5-17-11(15)9(3)7-14(13)8-10(4)12(16)18-6-2/h9-10H,5-8H2,1-4H3. The molecule has 0 aromatic rings. The van der Waals surface area contributed by atoms with Gasteiger partial charge in [0.2, 0.25) is 0 Å². The Kier molecular flexibility index (Phi) is 7.91. The van der Waals surface area contributed by atoms with Crippen LogP contribution in [-0.4, -0.2) is 42.9 Å². The number of nitrogens with zero attached hydrogens (tertiary/aromatic N) is 2. The van der Waals surface area contributed by atoms with Crippen LogP contribution in [0.4, 0.5) is 0 Å². The van der Waals surface area contributed by atoms with Crippen LogP contribution in [0.2, 0.25) is 0 Å². The number of hydrogen-bond acceptors (Lipinski definition) is 4. The smallest absolute Gasteiger partial charge is 0.315 e. The monoisotopic (exact) mass is 258 g/mol. The maximum atomic E-state index is 11.3. The zero-order valence-corrected chi connectivity index (χ0v) is 11.5. The Labute approximate surface area is 108 Å². The fourth-order valence-electron chi connectivity index (χ4n) is 1.42. The van der Waals surface area contributed by atoms with Crippen LogP contribution in [0, 0.1) is 11.8 Å². The van der Waals surface area contributed by atoms with Crippen molar-refractivity contribution in [1.29, 1.82) is 0 Å². The lowest BCUT2D eigenvalue weighted by Crippen LogP contribution is -2.30. The summed E-state index contributed by atoms with van der Waals surface area (Å²) in [5.74, 6) is -1.60. The van der Waals surface area contributed by atoms with Crippen molar-refractivity contribution in [3.05, 3.63) is 5.53 Å². The van der Waals surface area contributed by atoms with Crippen LogP contribution in [-0.2, 0) is 19.1 Å². The first-order valence-electron chi connectivity index (χ1n) is 6.19. The van der Waals surface area contributed by atoms with Crippen molar-refractivity contribution in [2.45, 2.75) is 27.7 Å². The van der Waals surface area contributed by atoms with Gasteiger partial charge in [0.1, 0.15) is 24.9 Å². The molecule has 0 aliphatic rings. The Balaban J connectivity index is 4.10. The van der Waals surface area contributed by atoms with Gasteiger partial charge in [0.15, 0.2) is 0 Å². The normalized spacial score (nSPS) is 13.6. The molecule has 0 N–H and O–H groups in total. The van der Waals surface area contributed by atoms with E-state index >= 15 is 0 Å². The van der Waals surface area contributed by atoms with Crippen molar-refractivity contribution in [2.24, 2.45) is 11.8 Å². The minimum atomic E-state index is -0.440. The van der Waals surface area contributed by atoms with Crippen molar-refractivity contribution < 1.29 is 23.8 Å². The van der Waals surface area contributed by atoms with Gasteiger partial charge in [-0.05, 0) is 27.7 Å². The van der Waals surface area contributed by atoms with Crippen LogP contribution in [0.25, 0.3) is 5.53 Å². The van der Waals surface area contributed by atoms with Crippen molar-refractivity contribution in [1.82, 2.24) is 0 Å². The summed E-state index contributed by atoms with van der Waals surface area (Å²) in [6, 6.07) is 0. The zero-order valence-electron chi connectivity index (χ0n) is 11.5. The molecule has 6 nitrogen and oxygen atoms in total. The molecule has 0 heterocycles. The summed E-state index contributed by atoms with van der Waals surface area (Å²) in [5, 5.41) is 0. The molecule has 0 rings (SSSR count). The van der Waals surface area contributed by atoms with E-state index in [1.807, 2.05) is 0 Å². The summed E-state index contributed by atoms with van der Waals surface area (Å²) in [6.45, 7) is 7.66. The molecule has 0 amide bonds. The van der Waals surface area contributed by atoms with E-state index in [0.29, 0.717) is 13.2 Å². The fraction of sp³-hybridized carbons (Fsp3) is 0.833. The molecule has 0 spiro atoms. The van der Waals surface area contributed by atoms with Gasteiger partial charge in [0.25, 0.3) is 0 Å². The molecule has 18 heavy (non-hydrogen) atoms. The number of carbonyl (C=O) groups is 2. The first-order valence-corrected chi connectivity index (χ1v) is 6.19. The van der Waals surface area contributed by atoms with Crippen LogP contribution >= 0.6 is 0 Å². The average molecular weight is 258 g/mol. The Morgan fingerprint density at radius 1 is 1.00 bits per heavy atom. The van der Waals surface area contributed by atoms with Gasteiger partial charge in [0.05, 0.1) is 13.2 Å². The first-order chi connectivity index (χ1) is 8.42. The molecule has 2 atom stereocenters. The second kappa shape index (κ2) is 8.60. The van der Waals surface area contributed by atoms with Gasteiger partial charge in [-0.2, -0.15) is 0 Å². The second-order valence-corrected chi connectivity index (χ2v) is 4.18. The third-order valence-electron chi connectivity index (χ3n) is 2.35. The fourth-order valence-corrected chi connectivity index (χ4v) is 1.42. The Morgan fingerprint density at radius 2 is 1.33 bits per heavy atom. The summed E-state index contributed by atoms with van der Waals surface area (Å²) in [6.07, 6.45) is 0. The molecule has 104 valence electrons. The number of carbonyl (C=O) groups excluding carboxylic acids is 2. The molecule has 6 heteroatoms. The lowest BCUT2D eigenvalue weighted by Gasteiger charge is -2.15. The van der Waals surface area contributed by atoms with Crippen molar-refractivity contribution in [2.75, 3.05) is 26.3 Å². The van der Waals surface area contributed by atoms with Crippen LogP contribution in [0.3, 0.4) is 0 Å². The molecular weight excluding hydrogens is 236 g/mol. The van der Waals surface area contributed by atoms with Crippen molar-refractivity contribution in [3.8, 4) is 0 Å². The number of ether oxygens (including phenoxy) is 2. The summed E-state index contributed by atoms with van der Waals surface area (Å²) in [5.41, 5.74) is 9.64. The molecule has 0 saturated carbocycles. The largest absolute Gasteiger partial charge is 0.507 e. The minimum absolute atomic E-state index is 0.128. The van der Waals surface area contributed by atoms with Gasteiger partial charge in [-0.1, -0.05) is 0 Å². The minimum Gasteiger partial charge on any atom is -0.507 e. The second-order valence-electron chi connectivity index (χ2n) is 4.18. The third-order valence-corrected chi connectivity index (χ3v) is 2.35. The highest BCUT2D eigenvalue weighted by Gasteiger charge is 2.22. The molecular formula is C12H22N2O4. The molecule has 0 saturated heterocycles. The van der Waals surface area contributed by atoms with Crippen LogP contribution < -0.4 is 0 Å². The molecule has 0 aliphatic carbocycles. The van der Waals surface area contributed by atoms with E-state index in [4.69, 9.17) is 9.47 Å². The summed E-state index contributed by atoms with van der Waals surface area (Å²) in [7, 11) is 0. The van der Waals surface area contributed by atoms with Crippen LogP contribution in [0.15, 0.2) is 0 Å². The average Bonchev–Trinajstić information content (AvgIpc) is 2.29. The molecule has 0 aromatic carbocycles. The molecule has 0 radical (unpaired) electrons. The van der Waals surface area contributed by atoms with Gasteiger partial charge < -0.3 is 19.7 Å². The van der Waals surface area contributed by atoms with E-state index < -0.39 is 11.8 Å². The Bertz CT molecular complexity index is 276. The van der Waals surface area contributed by atoms with Gasteiger partial charge in [-0.25, -0.2) is 0 Å². The van der Waals surface area contributed by atoms with E-state index in [0.717, 1.165) is 4.70 Å². The highest BCUT2D eigenvalue weighted by molar-refractivity contribution is 5.72. The predicted octanol–water partition coefficient (Wildman–Crippen LogP) is 1.42. The lowest BCUT2D eigenvalue weighted by molar-refractivity contribution is -0.557. The van der Waals surface area contributed by atoms with E-state index in [-0.39, 0.29) is 25.0 Å². The van der Waals surface area contributed by atoms with Gasteiger partial charge in [0, 0.05) is 0 Å². The quantitative estimate of drug-likeness (QED) is 0.375. The lowest BCUT2D eigenvalue weighted by atomic mass is 10.1. The highest BCUT2D eigenvalue weighted by Crippen LogP contribution is 2.04. The molecule has 0 fully saturated rings. The molecule has 2 unspecified atom stereocenters. The first kappa shape index (κ1) is 16.5. The van der Waals surface area contributed by atoms with Crippen molar-refractivity contribution >= 4 is 11.9 Å². The SMILES string of the molecule is CCOC(=O)C(C)C[N+](=[N-])CC(C)C(=O)OCC. The van der Waals surface area contributed by atoms with E-state index in [2.05, 4.69) is 0 Å². The van der Waals surface area contributed by atoms with E-state index in [9.17, 15) is 15.1 Å². The maximum absolute atomic E-state index is 11.3. The number of esters is 2.